The molecule has 1 aromatic rings. The summed E-state index contributed by atoms with van der Waals surface area (Å²) < 4.78 is 15.6. The van der Waals surface area contributed by atoms with Gasteiger partial charge in [-0.2, -0.15) is 0 Å². The molecule has 1 N–H and O–H groups in total. The van der Waals surface area contributed by atoms with Crippen LogP contribution in [0, 0.1) is 16.0 Å². The minimum absolute atomic E-state index is 0.0142. The molecule has 2 rings (SSSR count). The highest BCUT2D eigenvalue weighted by Crippen LogP contribution is 2.37. The highest BCUT2D eigenvalue weighted by atomic mass is 16.6. The zero-order valence-corrected chi connectivity index (χ0v) is 12.3. The summed E-state index contributed by atoms with van der Waals surface area (Å²) in [4.78, 5) is 10.8. The maximum Gasteiger partial charge on any atom is 0.296 e. The molecule has 7 heteroatoms. The van der Waals surface area contributed by atoms with Gasteiger partial charge in [-0.1, -0.05) is 0 Å². The van der Waals surface area contributed by atoms with Crippen LogP contribution in [0.3, 0.4) is 0 Å². The van der Waals surface area contributed by atoms with Crippen LogP contribution in [0.4, 0.5) is 11.4 Å². The Balaban J connectivity index is 2.17. The zero-order valence-electron chi connectivity index (χ0n) is 12.3. The molecular weight excluding hydrogens is 276 g/mol. The number of anilines is 1. The summed E-state index contributed by atoms with van der Waals surface area (Å²) in [5.74, 6) is 1.28. The number of nitro benzene ring substituents is 1. The molecule has 0 aliphatic carbocycles. The third-order valence-electron chi connectivity index (χ3n) is 3.62. The number of rotatable bonds is 6. The minimum Gasteiger partial charge on any atom is -0.493 e. The van der Waals surface area contributed by atoms with Gasteiger partial charge in [0.1, 0.15) is 5.69 Å². The summed E-state index contributed by atoms with van der Waals surface area (Å²) in [7, 11) is 2.96. The molecule has 1 heterocycles. The van der Waals surface area contributed by atoms with Crippen molar-refractivity contribution in [1.29, 1.82) is 0 Å². The summed E-state index contributed by atoms with van der Waals surface area (Å²) in [5, 5.41) is 14.3. The maximum atomic E-state index is 11.2. The summed E-state index contributed by atoms with van der Waals surface area (Å²) in [6.07, 6.45) is 1.93. The Morgan fingerprint density at radius 1 is 1.29 bits per heavy atom. The van der Waals surface area contributed by atoms with Crippen LogP contribution in [0.2, 0.25) is 0 Å². The van der Waals surface area contributed by atoms with E-state index in [-0.39, 0.29) is 5.69 Å². The first-order chi connectivity index (χ1) is 10.2. The lowest BCUT2D eigenvalue weighted by Gasteiger charge is -2.22. The van der Waals surface area contributed by atoms with Gasteiger partial charge in [-0.15, -0.1) is 0 Å². The average Bonchev–Trinajstić information content (AvgIpc) is 2.52. The molecular formula is C14H20N2O5. The van der Waals surface area contributed by atoms with Crippen molar-refractivity contribution in [3.63, 3.8) is 0 Å². The van der Waals surface area contributed by atoms with E-state index >= 15 is 0 Å². The van der Waals surface area contributed by atoms with E-state index in [1.54, 1.807) is 6.07 Å². The predicted molar refractivity (Wildman–Crippen MR) is 78.2 cm³/mol. The highest BCUT2D eigenvalue weighted by molar-refractivity contribution is 5.68. The molecule has 0 atom stereocenters. The highest BCUT2D eigenvalue weighted by Gasteiger charge is 2.21. The number of hydrogen-bond acceptors (Lipinski definition) is 6. The molecule has 1 aromatic carbocycles. The number of nitrogens with zero attached hydrogens (tertiary/aromatic N) is 1. The fraction of sp³-hybridized carbons (Fsp3) is 0.571. The van der Waals surface area contributed by atoms with Gasteiger partial charge in [-0.25, -0.2) is 0 Å². The van der Waals surface area contributed by atoms with Crippen molar-refractivity contribution in [1.82, 2.24) is 0 Å². The lowest BCUT2D eigenvalue weighted by molar-refractivity contribution is -0.384. The largest absolute Gasteiger partial charge is 0.493 e. The van der Waals surface area contributed by atoms with Crippen molar-refractivity contribution in [2.24, 2.45) is 5.92 Å². The first kappa shape index (κ1) is 15.4. The van der Waals surface area contributed by atoms with Crippen LogP contribution in [0.1, 0.15) is 12.8 Å². The molecule has 1 fully saturated rings. The summed E-state index contributed by atoms with van der Waals surface area (Å²) >= 11 is 0. The van der Waals surface area contributed by atoms with Crippen LogP contribution in [0.25, 0.3) is 0 Å². The topological polar surface area (TPSA) is 82.9 Å². The van der Waals surface area contributed by atoms with Gasteiger partial charge < -0.3 is 19.5 Å². The van der Waals surface area contributed by atoms with Crippen molar-refractivity contribution in [2.75, 3.05) is 39.3 Å². The van der Waals surface area contributed by atoms with Crippen molar-refractivity contribution < 1.29 is 19.1 Å². The van der Waals surface area contributed by atoms with Gasteiger partial charge in [0.15, 0.2) is 11.5 Å². The molecule has 7 nitrogen and oxygen atoms in total. The Morgan fingerprint density at radius 2 is 1.90 bits per heavy atom. The van der Waals surface area contributed by atoms with Crippen molar-refractivity contribution in [3.8, 4) is 11.5 Å². The number of nitrogens with one attached hydrogen (secondary N) is 1. The Hall–Kier alpha value is -2.02. The Bertz CT molecular complexity index is 500. The van der Waals surface area contributed by atoms with E-state index in [0.29, 0.717) is 29.6 Å². The lowest BCUT2D eigenvalue weighted by atomic mass is 10.0. The van der Waals surface area contributed by atoms with Crippen LogP contribution >= 0.6 is 0 Å². The van der Waals surface area contributed by atoms with E-state index in [4.69, 9.17) is 14.2 Å². The third kappa shape index (κ3) is 3.75. The fourth-order valence-electron chi connectivity index (χ4n) is 2.37. The maximum absolute atomic E-state index is 11.2. The van der Waals surface area contributed by atoms with Crippen LogP contribution < -0.4 is 14.8 Å². The SMILES string of the molecule is COc1cc(NCC2CCOCC2)c([N+](=O)[O-])cc1OC. The molecule has 0 radical (unpaired) electrons. The van der Waals surface area contributed by atoms with Gasteiger partial charge in [-0.3, -0.25) is 10.1 Å². The van der Waals surface area contributed by atoms with Gasteiger partial charge >= 0.3 is 0 Å². The van der Waals surface area contributed by atoms with E-state index in [1.807, 2.05) is 0 Å². The molecule has 0 amide bonds. The van der Waals surface area contributed by atoms with Crippen LogP contribution in [0.5, 0.6) is 11.5 Å². The van der Waals surface area contributed by atoms with E-state index in [0.717, 1.165) is 26.1 Å². The normalized spacial score (nSPS) is 15.5. The fourth-order valence-corrected chi connectivity index (χ4v) is 2.37. The smallest absolute Gasteiger partial charge is 0.296 e. The van der Waals surface area contributed by atoms with Gasteiger partial charge in [-0.05, 0) is 18.8 Å². The minimum atomic E-state index is -0.422. The second-order valence-corrected chi connectivity index (χ2v) is 4.92. The van der Waals surface area contributed by atoms with Crippen molar-refractivity contribution in [3.05, 3.63) is 22.2 Å². The number of hydrogen-bond donors (Lipinski definition) is 1. The van der Waals surface area contributed by atoms with Crippen LogP contribution in [-0.2, 0) is 4.74 Å². The molecule has 0 bridgehead atoms. The number of methoxy groups -OCH3 is 2. The first-order valence-electron chi connectivity index (χ1n) is 6.87. The standard InChI is InChI=1S/C14H20N2O5/c1-19-13-7-11(12(16(17)18)8-14(13)20-2)15-9-10-3-5-21-6-4-10/h7-8,10,15H,3-6,9H2,1-2H3. The van der Waals surface area contributed by atoms with Gasteiger partial charge in [0.2, 0.25) is 0 Å². The molecule has 1 saturated heterocycles. The second-order valence-electron chi connectivity index (χ2n) is 4.92. The quantitative estimate of drug-likeness (QED) is 0.641. The van der Waals surface area contributed by atoms with Gasteiger partial charge in [0.25, 0.3) is 5.69 Å². The van der Waals surface area contributed by atoms with Crippen molar-refractivity contribution in [2.45, 2.75) is 12.8 Å². The van der Waals surface area contributed by atoms with E-state index in [2.05, 4.69) is 5.32 Å². The van der Waals surface area contributed by atoms with E-state index in [1.165, 1.54) is 20.3 Å². The molecule has 0 saturated carbocycles. The Morgan fingerprint density at radius 3 is 2.48 bits per heavy atom. The Labute approximate surface area is 123 Å². The van der Waals surface area contributed by atoms with Gasteiger partial charge in [0.05, 0.1) is 25.2 Å². The summed E-state index contributed by atoms with van der Waals surface area (Å²) in [6.45, 7) is 2.18. The van der Waals surface area contributed by atoms with E-state index < -0.39 is 4.92 Å². The summed E-state index contributed by atoms with van der Waals surface area (Å²) in [5.41, 5.74) is 0.434. The lowest BCUT2D eigenvalue weighted by Crippen LogP contribution is -2.22. The number of nitro groups is 1. The Kier molecular flexibility index (Phi) is 5.21. The van der Waals surface area contributed by atoms with Crippen LogP contribution in [-0.4, -0.2) is 38.9 Å². The zero-order chi connectivity index (χ0) is 15.2. The second kappa shape index (κ2) is 7.12. The summed E-state index contributed by atoms with van der Waals surface area (Å²) in [6, 6.07) is 2.99. The molecule has 0 aromatic heterocycles. The van der Waals surface area contributed by atoms with Crippen LogP contribution in [0.15, 0.2) is 12.1 Å². The monoisotopic (exact) mass is 296 g/mol. The molecule has 0 spiro atoms. The van der Waals surface area contributed by atoms with Gasteiger partial charge in [0, 0.05) is 25.8 Å². The first-order valence-corrected chi connectivity index (χ1v) is 6.87. The molecule has 116 valence electrons. The molecule has 1 aliphatic rings. The molecule has 21 heavy (non-hydrogen) atoms. The third-order valence-corrected chi connectivity index (χ3v) is 3.62. The number of benzene rings is 1. The molecule has 1 aliphatic heterocycles. The van der Waals surface area contributed by atoms with E-state index in [9.17, 15) is 10.1 Å². The number of ether oxygens (including phenoxy) is 3. The van der Waals surface area contributed by atoms with Crippen molar-refractivity contribution >= 4 is 11.4 Å². The predicted octanol–water partition coefficient (Wildman–Crippen LogP) is 2.45. The molecule has 0 unspecified atom stereocenters. The average molecular weight is 296 g/mol.